The first kappa shape index (κ1) is 17.6. The lowest BCUT2D eigenvalue weighted by Crippen LogP contribution is -2.36. The van der Waals surface area contributed by atoms with Crippen LogP contribution in [0.2, 0.25) is 0 Å². The molecule has 1 N–H and O–H groups in total. The zero-order valence-corrected chi connectivity index (χ0v) is 14.5. The molecule has 1 unspecified atom stereocenters. The third kappa shape index (κ3) is 5.17. The molecule has 0 aliphatic heterocycles. The number of benzene rings is 1. The number of hydrogen-bond donors (Lipinski definition) is 1. The zero-order chi connectivity index (χ0) is 15.0. The van der Waals surface area contributed by atoms with Crippen molar-refractivity contribution in [3.8, 4) is 0 Å². The number of rotatable bonds is 9. The standard InChI is InChI=1S/C17H27BrFN/c1-4-7-10-17(5-2,13-20-6-3)12-14-11-15(18)8-9-16(14)19/h8-9,11,20H,4-7,10,12-13H2,1-3H3. The highest BCUT2D eigenvalue weighted by atomic mass is 79.9. The van der Waals surface area contributed by atoms with Gasteiger partial charge in [-0.2, -0.15) is 0 Å². The third-order valence-corrected chi connectivity index (χ3v) is 4.63. The van der Waals surface area contributed by atoms with E-state index in [1.165, 1.54) is 12.8 Å². The van der Waals surface area contributed by atoms with Crippen LogP contribution in [0.15, 0.2) is 22.7 Å². The van der Waals surface area contributed by atoms with Crippen molar-refractivity contribution < 1.29 is 4.39 Å². The van der Waals surface area contributed by atoms with Crippen LogP contribution in [0.25, 0.3) is 0 Å². The van der Waals surface area contributed by atoms with Crippen LogP contribution in [0.5, 0.6) is 0 Å². The Hall–Kier alpha value is -0.410. The van der Waals surface area contributed by atoms with E-state index in [4.69, 9.17) is 0 Å². The molecule has 0 aliphatic carbocycles. The molecule has 0 bridgehead atoms. The van der Waals surface area contributed by atoms with Crippen molar-refractivity contribution in [3.63, 3.8) is 0 Å². The van der Waals surface area contributed by atoms with Crippen molar-refractivity contribution >= 4 is 15.9 Å². The zero-order valence-electron chi connectivity index (χ0n) is 12.9. The lowest BCUT2D eigenvalue weighted by atomic mass is 9.75. The highest BCUT2D eigenvalue weighted by Crippen LogP contribution is 2.34. The van der Waals surface area contributed by atoms with Gasteiger partial charge in [-0.15, -0.1) is 0 Å². The Morgan fingerprint density at radius 3 is 2.60 bits per heavy atom. The van der Waals surface area contributed by atoms with E-state index in [0.717, 1.165) is 42.4 Å². The van der Waals surface area contributed by atoms with Crippen molar-refractivity contribution in [2.45, 2.75) is 52.9 Å². The first-order chi connectivity index (χ1) is 9.56. The molecule has 0 radical (unpaired) electrons. The van der Waals surface area contributed by atoms with Crippen LogP contribution in [0.4, 0.5) is 4.39 Å². The van der Waals surface area contributed by atoms with Gasteiger partial charge in [0.1, 0.15) is 5.82 Å². The molecular weight excluding hydrogens is 317 g/mol. The summed E-state index contributed by atoms with van der Waals surface area (Å²) in [4.78, 5) is 0. The van der Waals surface area contributed by atoms with Gasteiger partial charge in [0.2, 0.25) is 0 Å². The molecule has 1 rings (SSSR count). The van der Waals surface area contributed by atoms with Crippen molar-refractivity contribution in [2.75, 3.05) is 13.1 Å². The molecule has 3 heteroatoms. The van der Waals surface area contributed by atoms with Crippen LogP contribution in [-0.4, -0.2) is 13.1 Å². The van der Waals surface area contributed by atoms with Crippen LogP contribution in [-0.2, 0) is 6.42 Å². The molecule has 0 saturated carbocycles. The fourth-order valence-electron chi connectivity index (χ4n) is 2.69. The first-order valence-corrected chi connectivity index (χ1v) is 8.51. The summed E-state index contributed by atoms with van der Waals surface area (Å²) in [6.45, 7) is 8.50. The molecule has 0 saturated heterocycles. The van der Waals surface area contributed by atoms with Crippen molar-refractivity contribution in [1.82, 2.24) is 5.32 Å². The second kappa shape index (κ2) is 8.78. The Bertz CT molecular complexity index is 398. The van der Waals surface area contributed by atoms with Gasteiger partial charge < -0.3 is 5.32 Å². The molecule has 20 heavy (non-hydrogen) atoms. The molecule has 1 nitrogen and oxygen atoms in total. The molecule has 0 amide bonds. The predicted molar refractivity (Wildman–Crippen MR) is 88.6 cm³/mol. The molecular formula is C17H27BrFN. The van der Waals surface area contributed by atoms with E-state index in [9.17, 15) is 4.39 Å². The van der Waals surface area contributed by atoms with Gasteiger partial charge in [-0.3, -0.25) is 0 Å². The summed E-state index contributed by atoms with van der Waals surface area (Å²) in [5, 5.41) is 3.47. The van der Waals surface area contributed by atoms with Gasteiger partial charge in [0.25, 0.3) is 0 Å². The molecule has 1 aromatic rings. The summed E-state index contributed by atoms with van der Waals surface area (Å²) in [5.74, 6) is -0.0842. The Balaban J connectivity index is 2.93. The van der Waals surface area contributed by atoms with Gasteiger partial charge in [-0.1, -0.05) is 49.5 Å². The van der Waals surface area contributed by atoms with E-state index in [2.05, 4.69) is 42.0 Å². The lowest BCUT2D eigenvalue weighted by molar-refractivity contribution is 0.228. The quantitative estimate of drug-likeness (QED) is 0.639. The minimum atomic E-state index is -0.0842. The Morgan fingerprint density at radius 2 is 2.00 bits per heavy atom. The Labute approximate surface area is 131 Å². The third-order valence-electron chi connectivity index (χ3n) is 4.13. The second-order valence-corrected chi connectivity index (χ2v) is 6.57. The summed E-state index contributed by atoms with van der Waals surface area (Å²) >= 11 is 3.45. The summed E-state index contributed by atoms with van der Waals surface area (Å²) in [6.07, 6.45) is 5.43. The molecule has 1 aromatic carbocycles. The average molecular weight is 344 g/mol. The predicted octanol–water partition coefficient (Wildman–Crippen LogP) is 5.33. The van der Waals surface area contributed by atoms with Crippen molar-refractivity contribution in [1.29, 1.82) is 0 Å². The Kier molecular flexibility index (Phi) is 7.75. The van der Waals surface area contributed by atoms with Gasteiger partial charge in [0.15, 0.2) is 0 Å². The smallest absolute Gasteiger partial charge is 0.126 e. The van der Waals surface area contributed by atoms with Crippen LogP contribution >= 0.6 is 15.9 Å². The molecule has 0 aromatic heterocycles. The molecule has 0 fully saturated rings. The lowest BCUT2D eigenvalue weighted by Gasteiger charge is -2.34. The Morgan fingerprint density at radius 1 is 1.25 bits per heavy atom. The summed E-state index contributed by atoms with van der Waals surface area (Å²) in [6, 6.07) is 5.26. The fraction of sp³-hybridized carbons (Fsp3) is 0.647. The maximum absolute atomic E-state index is 14.0. The molecule has 0 spiro atoms. The van der Waals surface area contributed by atoms with Crippen LogP contribution in [0.3, 0.4) is 0 Å². The van der Waals surface area contributed by atoms with E-state index in [1.807, 2.05) is 6.07 Å². The van der Waals surface area contributed by atoms with E-state index in [1.54, 1.807) is 12.1 Å². The van der Waals surface area contributed by atoms with Gasteiger partial charge in [0.05, 0.1) is 0 Å². The largest absolute Gasteiger partial charge is 0.316 e. The molecule has 1 atom stereocenters. The normalized spacial score (nSPS) is 14.2. The maximum atomic E-state index is 14.0. The molecule has 0 heterocycles. The van der Waals surface area contributed by atoms with Gasteiger partial charge in [-0.05, 0) is 55.0 Å². The fourth-order valence-corrected chi connectivity index (χ4v) is 3.10. The maximum Gasteiger partial charge on any atom is 0.126 e. The number of hydrogen-bond acceptors (Lipinski definition) is 1. The second-order valence-electron chi connectivity index (χ2n) is 5.65. The summed E-state index contributed by atoms with van der Waals surface area (Å²) in [7, 11) is 0. The van der Waals surface area contributed by atoms with E-state index in [-0.39, 0.29) is 11.2 Å². The van der Waals surface area contributed by atoms with E-state index >= 15 is 0 Å². The number of unbranched alkanes of at least 4 members (excludes halogenated alkanes) is 1. The van der Waals surface area contributed by atoms with Crippen molar-refractivity contribution in [3.05, 3.63) is 34.1 Å². The summed E-state index contributed by atoms with van der Waals surface area (Å²) < 4.78 is 15.0. The van der Waals surface area contributed by atoms with E-state index < -0.39 is 0 Å². The topological polar surface area (TPSA) is 12.0 Å². The first-order valence-electron chi connectivity index (χ1n) is 7.71. The number of nitrogens with one attached hydrogen (secondary N) is 1. The van der Waals surface area contributed by atoms with Crippen molar-refractivity contribution in [2.24, 2.45) is 5.41 Å². The number of halogens is 2. The minimum absolute atomic E-state index is 0.0842. The highest BCUT2D eigenvalue weighted by Gasteiger charge is 2.28. The van der Waals surface area contributed by atoms with Crippen LogP contribution in [0.1, 0.15) is 52.0 Å². The van der Waals surface area contributed by atoms with E-state index in [0.29, 0.717) is 0 Å². The highest BCUT2D eigenvalue weighted by molar-refractivity contribution is 9.10. The average Bonchev–Trinajstić information content (AvgIpc) is 2.46. The SMILES string of the molecule is CCCCC(CC)(CNCC)Cc1cc(Br)ccc1F. The molecule has 0 aliphatic rings. The van der Waals surface area contributed by atoms with Gasteiger partial charge >= 0.3 is 0 Å². The molecule has 114 valence electrons. The minimum Gasteiger partial charge on any atom is -0.316 e. The summed E-state index contributed by atoms with van der Waals surface area (Å²) in [5.41, 5.74) is 0.989. The van der Waals surface area contributed by atoms with Crippen LogP contribution < -0.4 is 5.32 Å². The van der Waals surface area contributed by atoms with Crippen LogP contribution in [0, 0.1) is 11.2 Å². The monoisotopic (exact) mass is 343 g/mol. The van der Waals surface area contributed by atoms with Gasteiger partial charge in [-0.25, -0.2) is 4.39 Å². The van der Waals surface area contributed by atoms with Gasteiger partial charge in [0, 0.05) is 11.0 Å².